The van der Waals surface area contributed by atoms with E-state index in [4.69, 9.17) is 23.2 Å². The van der Waals surface area contributed by atoms with Gasteiger partial charge in [0.1, 0.15) is 0 Å². The van der Waals surface area contributed by atoms with Gasteiger partial charge < -0.3 is 4.74 Å². The lowest BCUT2D eigenvalue weighted by Gasteiger charge is -2.40. The van der Waals surface area contributed by atoms with Crippen LogP contribution in [0.25, 0.3) is 6.08 Å². The molecule has 2 nitrogen and oxygen atoms in total. The molecular formula is C10H7Cl2F5O2S. The molecule has 0 N–H and O–H groups in total. The van der Waals surface area contributed by atoms with Crippen molar-refractivity contribution in [2.75, 3.05) is 7.11 Å². The van der Waals surface area contributed by atoms with Gasteiger partial charge in [0.05, 0.1) is 7.11 Å². The molecule has 10 heteroatoms. The first-order valence-corrected chi connectivity index (χ1v) is 7.44. The zero-order chi connectivity index (χ0) is 15.8. The smallest absolute Gasteiger partial charge is 0.353 e. The van der Waals surface area contributed by atoms with Crippen LogP contribution in [0.3, 0.4) is 0 Å². The molecule has 1 aromatic rings. The van der Waals surface area contributed by atoms with Crippen molar-refractivity contribution >= 4 is 45.5 Å². The first-order chi connectivity index (χ1) is 8.72. The SMILES string of the molecule is COC(=O)/C(=C\c1cc(Cl)cc(Cl)c1)S(F)(F)(F)(F)F. The van der Waals surface area contributed by atoms with Crippen LogP contribution in [0.4, 0.5) is 19.4 Å². The number of ether oxygens (including phenoxy) is 1. The molecule has 0 spiro atoms. The standard InChI is InChI=1S/C10H7Cl2F5O2S/c1-19-10(18)9(20(13,14,15,16)17)4-6-2-7(11)5-8(12)3-6/h2-5H,1H3/b9-4+. The van der Waals surface area contributed by atoms with Crippen LogP contribution < -0.4 is 0 Å². The Hall–Kier alpha value is -0.990. The Labute approximate surface area is 120 Å². The van der Waals surface area contributed by atoms with E-state index < -0.39 is 26.7 Å². The number of rotatable bonds is 3. The monoisotopic (exact) mass is 356 g/mol. The molecule has 0 radical (unpaired) electrons. The fourth-order valence-corrected chi connectivity index (χ4v) is 2.54. The maximum Gasteiger partial charge on any atom is 0.353 e. The van der Waals surface area contributed by atoms with Crippen LogP contribution in [0, 0.1) is 0 Å². The minimum Gasteiger partial charge on any atom is -0.465 e. The molecule has 0 saturated carbocycles. The number of hydrogen-bond donors (Lipinski definition) is 0. The molecule has 0 atom stereocenters. The summed E-state index contributed by atoms with van der Waals surface area (Å²) in [7, 11) is -9.64. The van der Waals surface area contributed by atoms with Crippen molar-refractivity contribution in [1.82, 2.24) is 0 Å². The van der Waals surface area contributed by atoms with Crippen molar-refractivity contribution in [3.8, 4) is 0 Å². The van der Waals surface area contributed by atoms with E-state index in [2.05, 4.69) is 4.74 Å². The van der Waals surface area contributed by atoms with Crippen LogP contribution in [0.1, 0.15) is 5.56 Å². The molecule has 0 saturated heterocycles. The quantitative estimate of drug-likeness (QED) is 0.388. The Balaban J connectivity index is 3.55. The Morgan fingerprint density at radius 3 is 1.90 bits per heavy atom. The summed E-state index contributed by atoms with van der Waals surface area (Å²) < 4.78 is 67.6. The molecule has 0 aliphatic carbocycles. The molecule has 20 heavy (non-hydrogen) atoms. The zero-order valence-corrected chi connectivity index (χ0v) is 12.0. The molecule has 0 bridgehead atoms. The summed E-state index contributed by atoms with van der Waals surface area (Å²) in [6, 6.07) is 3.08. The summed E-state index contributed by atoms with van der Waals surface area (Å²) >= 11 is 11.1. The molecule has 0 aromatic heterocycles. The van der Waals surface area contributed by atoms with Crippen LogP contribution in [0.2, 0.25) is 10.0 Å². The Bertz CT molecular complexity index is 577. The van der Waals surface area contributed by atoms with Crippen LogP contribution >= 0.6 is 33.4 Å². The first-order valence-electron chi connectivity index (χ1n) is 4.73. The topological polar surface area (TPSA) is 26.3 Å². The summed E-state index contributed by atoms with van der Waals surface area (Å²) in [5, 5.41) is -0.148. The summed E-state index contributed by atoms with van der Waals surface area (Å²) in [6.45, 7) is 0. The molecule has 0 aliphatic rings. The van der Waals surface area contributed by atoms with Crippen molar-refractivity contribution in [3.63, 3.8) is 0 Å². The molecule has 114 valence electrons. The summed E-state index contributed by atoms with van der Waals surface area (Å²) in [4.78, 5) is 8.34. The minimum atomic E-state index is -10.2. The number of carbonyl (C=O) groups is 1. The third-order valence-electron chi connectivity index (χ3n) is 1.98. The van der Waals surface area contributed by atoms with Gasteiger partial charge in [-0.3, -0.25) is 0 Å². The number of methoxy groups -OCH3 is 1. The van der Waals surface area contributed by atoms with Gasteiger partial charge in [-0.2, -0.15) is 0 Å². The second kappa shape index (κ2) is 4.51. The lowest BCUT2D eigenvalue weighted by molar-refractivity contribution is -0.135. The highest BCUT2D eigenvalue weighted by Gasteiger charge is 2.70. The summed E-state index contributed by atoms with van der Waals surface area (Å²) in [5.41, 5.74) is -0.406. The van der Waals surface area contributed by atoms with Gasteiger partial charge in [-0.1, -0.05) is 42.6 Å². The van der Waals surface area contributed by atoms with E-state index >= 15 is 0 Å². The molecule has 1 rings (SSSR count). The second-order valence-electron chi connectivity index (χ2n) is 3.67. The number of hydrogen-bond acceptors (Lipinski definition) is 2. The Kier molecular flexibility index (Phi) is 3.84. The van der Waals surface area contributed by atoms with Crippen LogP contribution in [-0.2, 0) is 9.53 Å². The normalized spacial score (nSPS) is 16.3. The van der Waals surface area contributed by atoms with Crippen molar-refractivity contribution < 1.29 is 29.0 Å². The van der Waals surface area contributed by atoms with Crippen molar-refractivity contribution in [1.29, 1.82) is 0 Å². The highest BCUT2D eigenvalue weighted by atomic mass is 35.5. The van der Waals surface area contributed by atoms with Gasteiger partial charge in [-0.05, 0) is 29.8 Å². The summed E-state index contributed by atoms with van der Waals surface area (Å²) in [5.74, 6) is -2.19. The maximum absolute atomic E-state index is 12.8. The van der Waals surface area contributed by atoms with Gasteiger partial charge in [-0.15, -0.1) is 0 Å². The third kappa shape index (κ3) is 4.53. The fourth-order valence-electron chi connectivity index (χ4n) is 1.24. The van der Waals surface area contributed by atoms with E-state index in [0.29, 0.717) is 7.11 Å². The fraction of sp³-hybridized carbons (Fsp3) is 0.100. The average molecular weight is 357 g/mol. The molecule has 0 amide bonds. The van der Waals surface area contributed by atoms with Gasteiger partial charge in [0.15, 0.2) is 4.91 Å². The van der Waals surface area contributed by atoms with Gasteiger partial charge in [0.25, 0.3) is 0 Å². The zero-order valence-electron chi connectivity index (χ0n) is 9.68. The predicted molar refractivity (Wildman–Crippen MR) is 69.6 cm³/mol. The van der Waals surface area contributed by atoms with E-state index in [-0.39, 0.29) is 16.1 Å². The lowest BCUT2D eigenvalue weighted by atomic mass is 10.2. The first kappa shape index (κ1) is 17.1. The van der Waals surface area contributed by atoms with E-state index in [0.717, 1.165) is 12.1 Å². The van der Waals surface area contributed by atoms with Crippen molar-refractivity contribution in [2.24, 2.45) is 0 Å². The number of benzene rings is 1. The van der Waals surface area contributed by atoms with E-state index in [9.17, 15) is 24.2 Å². The lowest BCUT2D eigenvalue weighted by Crippen LogP contribution is -2.18. The largest absolute Gasteiger partial charge is 0.465 e. The number of carbonyl (C=O) groups excluding carboxylic acids is 1. The van der Waals surface area contributed by atoms with Crippen molar-refractivity contribution in [3.05, 3.63) is 38.7 Å². The number of halogens is 7. The van der Waals surface area contributed by atoms with Gasteiger partial charge in [0, 0.05) is 10.0 Å². The number of esters is 1. The Morgan fingerprint density at radius 2 is 1.55 bits per heavy atom. The van der Waals surface area contributed by atoms with Crippen LogP contribution in [-0.4, -0.2) is 13.1 Å². The molecule has 1 aromatic carbocycles. The molecular weight excluding hydrogens is 350 g/mol. The highest BCUT2D eigenvalue weighted by Crippen LogP contribution is 3.02. The van der Waals surface area contributed by atoms with E-state index in [1.807, 2.05) is 0 Å². The molecule has 0 aliphatic heterocycles. The van der Waals surface area contributed by atoms with Crippen LogP contribution in [0.15, 0.2) is 23.1 Å². The van der Waals surface area contributed by atoms with Gasteiger partial charge in [0.2, 0.25) is 0 Å². The van der Waals surface area contributed by atoms with Gasteiger partial charge >= 0.3 is 16.2 Å². The summed E-state index contributed by atoms with van der Waals surface area (Å²) in [6.07, 6.45) is -0.0504. The van der Waals surface area contributed by atoms with Crippen molar-refractivity contribution in [2.45, 2.75) is 0 Å². The van der Waals surface area contributed by atoms with E-state index in [1.165, 1.54) is 6.07 Å². The van der Waals surface area contributed by atoms with E-state index in [1.54, 1.807) is 0 Å². The average Bonchev–Trinajstić information content (AvgIpc) is 2.20. The highest BCUT2D eigenvalue weighted by molar-refractivity contribution is 8.49. The predicted octanol–water partition coefficient (Wildman–Crippen LogP) is 5.81. The molecule has 0 unspecified atom stereocenters. The second-order valence-corrected chi connectivity index (χ2v) is 6.92. The minimum absolute atomic E-state index is 0.0504. The Morgan fingerprint density at radius 1 is 1.10 bits per heavy atom. The molecule has 0 fully saturated rings. The van der Waals surface area contributed by atoms with Gasteiger partial charge in [-0.25, -0.2) is 4.79 Å². The van der Waals surface area contributed by atoms with Crippen LogP contribution in [0.5, 0.6) is 0 Å². The molecule has 0 heterocycles. The third-order valence-corrected chi connectivity index (χ3v) is 3.54. The maximum atomic E-state index is 12.8.